The Bertz CT molecular complexity index is 1610. The summed E-state index contributed by atoms with van der Waals surface area (Å²) in [5, 5.41) is 16.8. The fourth-order valence-corrected chi connectivity index (χ4v) is 4.63. The van der Waals surface area contributed by atoms with E-state index in [2.05, 4.69) is 10.2 Å². The van der Waals surface area contributed by atoms with E-state index in [1.54, 1.807) is 0 Å². The second kappa shape index (κ2) is 7.76. The van der Waals surface area contributed by atoms with Crippen LogP contribution in [-0.4, -0.2) is 44.0 Å². The van der Waals surface area contributed by atoms with Crippen molar-refractivity contribution >= 4 is 58.2 Å². The van der Waals surface area contributed by atoms with Crippen LogP contribution in [0.15, 0.2) is 67.4 Å². The van der Waals surface area contributed by atoms with Gasteiger partial charge in [0.1, 0.15) is 26.9 Å². The van der Waals surface area contributed by atoms with Crippen molar-refractivity contribution in [1.82, 2.24) is 0 Å². The third-order valence-corrected chi connectivity index (χ3v) is 6.74. The van der Waals surface area contributed by atoms with Gasteiger partial charge in [0.25, 0.3) is 30.4 Å². The molecule has 0 fully saturated rings. The number of phenolic OH excluding ortho intramolecular Hbond substituents is 1. The van der Waals surface area contributed by atoms with E-state index in [0.717, 1.165) is 24.3 Å². The molecular weight excluding hydrogens is 490 g/mol. The predicted molar refractivity (Wildman–Crippen MR) is 110 cm³/mol. The number of nitrogens with zero attached hydrogens (tertiary/aromatic N) is 2. The highest BCUT2D eigenvalue weighted by molar-refractivity contribution is 7.86. The molecule has 3 aromatic carbocycles. The number of hydrogen-bond donors (Lipinski definition) is 5. The summed E-state index contributed by atoms with van der Waals surface area (Å²) in [6, 6.07) is 6.92. The molecule has 0 amide bonds. The Kier molecular flexibility index (Phi) is 5.71. The number of benzene rings is 3. The fourth-order valence-electron chi connectivity index (χ4n) is 2.80. The van der Waals surface area contributed by atoms with Gasteiger partial charge < -0.3 is 10.8 Å². The Morgan fingerprint density at radius 2 is 1.34 bits per heavy atom. The molecule has 0 aliphatic rings. The first-order chi connectivity index (χ1) is 14.6. The number of azo groups is 1. The summed E-state index contributed by atoms with van der Waals surface area (Å²) in [4.78, 5) is -2.39. The molecule has 3 rings (SSSR count). The van der Waals surface area contributed by atoms with Crippen LogP contribution in [0.1, 0.15) is 0 Å². The van der Waals surface area contributed by atoms with Crippen LogP contribution in [0.4, 0.5) is 17.1 Å². The fraction of sp³-hybridized carbons (Fsp3) is 0. The minimum Gasteiger partial charge on any atom is -0.507 e. The predicted octanol–water partition coefficient (Wildman–Crippen LogP) is 2.28. The van der Waals surface area contributed by atoms with Crippen molar-refractivity contribution in [2.75, 3.05) is 5.73 Å². The molecule has 0 aliphatic carbocycles. The highest BCUT2D eigenvalue weighted by Crippen LogP contribution is 2.43. The quantitative estimate of drug-likeness (QED) is 0.192. The molecule has 0 aliphatic heterocycles. The maximum atomic E-state index is 11.9. The van der Waals surface area contributed by atoms with Gasteiger partial charge in [-0.15, -0.1) is 10.2 Å². The standard InChI is InChI=1S/C16H13N3O10S3/c17-15-14-8(5-9(7-11(14)20)30(21,22)23)6-13(32(27,28)29)16(15)19-18-10-3-1-2-4-12(10)31(24,25)26/h1-7,20H,17H2,(H,21,22,23)(H,24,25,26)(H,27,28,29). The molecule has 170 valence electrons. The third-order valence-electron chi connectivity index (χ3n) is 4.14. The van der Waals surface area contributed by atoms with Gasteiger partial charge in [0, 0.05) is 11.5 Å². The summed E-state index contributed by atoms with van der Waals surface area (Å²) in [5.41, 5.74) is 4.22. The van der Waals surface area contributed by atoms with Crippen LogP contribution in [0.5, 0.6) is 5.75 Å². The van der Waals surface area contributed by atoms with E-state index in [9.17, 15) is 44.0 Å². The molecule has 0 unspecified atom stereocenters. The van der Waals surface area contributed by atoms with Crippen molar-refractivity contribution in [2.24, 2.45) is 10.2 Å². The maximum Gasteiger partial charge on any atom is 0.296 e. The molecule has 0 bridgehead atoms. The Balaban J connectivity index is 2.37. The highest BCUT2D eigenvalue weighted by atomic mass is 32.2. The van der Waals surface area contributed by atoms with E-state index in [1.165, 1.54) is 12.1 Å². The molecule has 32 heavy (non-hydrogen) atoms. The average Bonchev–Trinajstić information content (AvgIpc) is 2.64. The van der Waals surface area contributed by atoms with E-state index in [1.807, 2.05) is 0 Å². The molecule has 0 radical (unpaired) electrons. The summed E-state index contributed by atoms with van der Waals surface area (Å²) >= 11 is 0. The van der Waals surface area contributed by atoms with Crippen molar-refractivity contribution in [3.05, 3.63) is 42.5 Å². The molecular formula is C16H13N3O10S3. The summed E-state index contributed by atoms with van der Waals surface area (Å²) in [7, 11) is -14.6. The van der Waals surface area contributed by atoms with Crippen molar-refractivity contribution in [1.29, 1.82) is 0 Å². The lowest BCUT2D eigenvalue weighted by Crippen LogP contribution is -2.03. The van der Waals surface area contributed by atoms with Crippen LogP contribution in [0, 0.1) is 0 Å². The Morgan fingerprint density at radius 1 is 0.750 bits per heavy atom. The summed E-state index contributed by atoms with van der Waals surface area (Å²) < 4.78 is 97.5. The molecule has 6 N–H and O–H groups in total. The van der Waals surface area contributed by atoms with Crippen molar-refractivity contribution < 1.29 is 44.0 Å². The number of anilines is 1. The van der Waals surface area contributed by atoms with Crippen LogP contribution in [0.25, 0.3) is 10.8 Å². The summed E-state index contributed by atoms with van der Waals surface area (Å²) in [6.45, 7) is 0. The largest absolute Gasteiger partial charge is 0.507 e. The lowest BCUT2D eigenvalue weighted by Gasteiger charge is -2.12. The number of aromatic hydroxyl groups is 1. The molecule has 0 saturated heterocycles. The Hall–Kier alpha value is -3.15. The zero-order valence-corrected chi connectivity index (χ0v) is 17.9. The number of hydrogen-bond acceptors (Lipinski definition) is 10. The van der Waals surface area contributed by atoms with Gasteiger partial charge in [0.05, 0.1) is 10.6 Å². The molecule has 0 atom stereocenters. The second-order valence-electron chi connectivity index (χ2n) is 6.27. The first-order valence-corrected chi connectivity index (χ1v) is 12.4. The van der Waals surface area contributed by atoms with Crippen LogP contribution >= 0.6 is 0 Å². The molecule has 16 heteroatoms. The van der Waals surface area contributed by atoms with Crippen molar-refractivity contribution in [3.63, 3.8) is 0 Å². The molecule has 3 aromatic rings. The summed E-state index contributed by atoms with van der Waals surface area (Å²) in [6.07, 6.45) is 0. The monoisotopic (exact) mass is 503 g/mol. The topological polar surface area (TPSA) is 234 Å². The Morgan fingerprint density at radius 3 is 1.91 bits per heavy atom. The number of nitrogen functional groups attached to an aromatic ring is 1. The van der Waals surface area contributed by atoms with Gasteiger partial charge in [-0.3, -0.25) is 13.7 Å². The van der Waals surface area contributed by atoms with Gasteiger partial charge in [-0.2, -0.15) is 25.3 Å². The van der Waals surface area contributed by atoms with E-state index >= 15 is 0 Å². The van der Waals surface area contributed by atoms with Crippen molar-refractivity contribution in [3.8, 4) is 5.75 Å². The van der Waals surface area contributed by atoms with Gasteiger partial charge in [-0.1, -0.05) is 12.1 Å². The molecule has 0 aromatic heterocycles. The molecule has 13 nitrogen and oxygen atoms in total. The van der Waals surface area contributed by atoms with Crippen LogP contribution in [0.3, 0.4) is 0 Å². The average molecular weight is 503 g/mol. The smallest absolute Gasteiger partial charge is 0.296 e. The zero-order chi connectivity index (χ0) is 24.1. The van der Waals surface area contributed by atoms with Gasteiger partial charge in [0.2, 0.25) is 0 Å². The van der Waals surface area contributed by atoms with E-state index < -0.39 is 67.9 Å². The maximum absolute atomic E-state index is 11.9. The number of phenols is 1. The first-order valence-electron chi connectivity index (χ1n) is 8.13. The highest BCUT2D eigenvalue weighted by Gasteiger charge is 2.24. The van der Waals surface area contributed by atoms with Crippen LogP contribution in [-0.2, 0) is 30.4 Å². The molecule has 0 heterocycles. The zero-order valence-electron chi connectivity index (χ0n) is 15.5. The van der Waals surface area contributed by atoms with E-state index in [4.69, 9.17) is 5.73 Å². The molecule has 0 saturated carbocycles. The van der Waals surface area contributed by atoms with Gasteiger partial charge >= 0.3 is 0 Å². The second-order valence-corrected chi connectivity index (χ2v) is 10.5. The minimum atomic E-state index is -5.05. The number of rotatable bonds is 5. The lowest BCUT2D eigenvalue weighted by molar-refractivity contribution is 0.471. The normalized spacial score (nSPS) is 13.1. The SMILES string of the molecule is Nc1c(N=Nc2ccccc2S(=O)(=O)O)c(S(=O)(=O)O)cc2cc(S(=O)(=O)O)cc(O)c12. The van der Waals surface area contributed by atoms with Crippen LogP contribution < -0.4 is 5.73 Å². The van der Waals surface area contributed by atoms with Gasteiger partial charge in [-0.25, -0.2) is 0 Å². The third kappa shape index (κ3) is 4.54. The minimum absolute atomic E-state index is 0.290. The van der Waals surface area contributed by atoms with Gasteiger partial charge in [0.15, 0.2) is 0 Å². The molecule has 0 spiro atoms. The van der Waals surface area contributed by atoms with Crippen molar-refractivity contribution in [2.45, 2.75) is 14.7 Å². The number of fused-ring (bicyclic) bond motifs is 1. The van der Waals surface area contributed by atoms with Crippen LogP contribution in [0.2, 0.25) is 0 Å². The first kappa shape index (κ1) is 23.5. The Labute approximate surface area is 181 Å². The van der Waals surface area contributed by atoms with Gasteiger partial charge in [-0.05, 0) is 29.7 Å². The van der Waals surface area contributed by atoms with E-state index in [-0.39, 0.29) is 10.8 Å². The van der Waals surface area contributed by atoms with E-state index in [0.29, 0.717) is 6.07 Å². The lowest BCUT2D eigenvalue weighted by atomic mass is 10.1. The summed E-state index contributed by atoms with van der Waals surface area (Å²) in [5.74, 6) is -0.774. The number of nitrogens with two attached hydrogens (primary N) is 1.